The second-order valence-electron chi connectivity index (χ2n) is 3.49. The summed E-state index contributed by atoms with van der Waals surface area (Å²) in [6.45, 7) is 1.81. The number of carbonyl (C=O) groups excluding carboxylic acids is 1. The van der Waals surface area contributed by atoms with E-state index in [4.69, 9.17) is 4.52 Å². The number of nitrogens with zero attached hydrogens (tertiary/aromatic N) is 2. The molecule has 2 amide bonds. The molecule has 1 aromatic rings. The first-order chi connectivity index (χ1) is 7.34. The van der Waals surface area contributed by atoms with Crippen molar-refractivity contribution < 1.29 is 9.32 Å². The van der Waals surface area contributed by atoms with Crippen LogP contribution in [0.5, 0.6) is 0 Å². The summed E-state index contributed by atoms with van der Waals surface area (Å²) in [6.07, 6.45) is 4.98. The van der Waals surface area contributed by atoms with E-state index in [2.05, 4.69) is 15.9 Å². The van der Waals surface area contributed by atoms with E-state index in [-0.39, 0.29) is 6.03 Å². The zero-order valence-electron chi connectivity index (χ0n) is 8.40. The van der Waals surface area contributed by atoms with Crippen LogP contribution in [0, 0.1) is 0 Å². The minimum Gasteiger partial charge on any atom is -0.338 e. The average molecular weight is 210 g/mol. The monoisotopic (exact) mass is 210 g/mol. The molecule has 2 heterocycles. The molecular formula is C9H14N4O2. The van der Waals surface area contributed by atoms with Crippen LogP contribution < -0.4 is 10.7 Å². The van der Waals surface area contributed by atoms with Crippen LogP contribution in [-0.4, -0.2) is 29.3 Å². The van der Waals surface area contributed by atoms with Crippen LogP contribution in [0.25, 0.3) is 0 Å². The maximum Gasteiger partial charge on any atom is 0.336 e. The summed E-state index contributed by atoms with van der Waals surface area (Å²) >= 11 is 0. The van der Waals surface area contributed by atoms with Crippen LogP contribution in [0.4, 0.5) is 10.7 Å². The fourth-order valence-corrected chi connectivity index (χ4v) is 1.57. The van der Waals surface area contributed by atoms with Crippen LogP contribution in [0.15, 0.2) is 16.8 Å². The number of amides is 2. The van der Waals surface area contributed by atoms with Gasteiger partial charge >= 0.3 is 6.03 Å². The van der Waals surface area contributed by atoms with Crippen molar-refractivity contribution in [3.63, 3.8) is 0 Å². The Morgan fingerprint density at radius 3 is 2.87 bits per heavy atom. The van der Waals surface area contributed by atoms with Crippen LogP contribution in [-0.2, 0) is 0 Å². The molecule has 2 rings (SSSR count). The molecule has 6 nitrogen and oxygen atoms in total. The lowest BCUT2D eigenvalue weighted by Crippen LogP contribution is -2.46. The van der Waals surface area contributed by atoms with Gasteiger partial charge in [-0.3, -0.25) is 10.7 Å². The first kappa shape index (κ1) is 9.97. The zero-order chi connectivity index (χ0) is 10.5. The number of rotatable bonds is 2. The maximum absolute atomic E-state index is 11.4. The van der Waals surface area contributed by atoms with Gasteiger partial charge in [-0.25, -0.2) is 9.80 Å². The number of carbonyl (C=O) groups is 1. The molecule has 1 fully saturated rings. The maximum atomic E-state index is 11.4. The Morgan fingerprint density at radius 1 is 1.40 bits per heavy atom. The number of anilines is 1. The van der Waals surface area contributed by atoms with Crippen molar-refractivity contribution in [3.05, 3.63) is 12.3 Å². The molecule has 0 unspecified atom stereocenters. The molecule has 1 aromatic heterocycles. The molecule has 82 valence electrons. The van der Waals surface area contributed by atoms with Crippen molar-refractivity contribution in [2.45, 2.75) is 19.3 Å². The first-order valence-electron chi connectivity index (χ1n) is 5.08. The first-order valence-corrected chi connectivity index (χ1v) is 5.08. The number of aromatic nitrogens is 1. The smallest absolute Gasteiger partial charge is 0.336 e. The highest BCUT2D eigenvalue weighted by atomic mass is 16.5. The number of nitrogens with one attached hydrogen (secondary N) is 2. The van der Waals surface area contributed by atoms with Gasteiger partial charge in [0.25, 0.3) is 0 Å². The topological polar surface area (TPSA) is 70.4 Å². The SMILES string of the molecule is O=C(Nc1ccno1)NN1CCCCC1. The summed E-state index contributed by atoms with van der Waals surface area (Å²) in [7, 11) is 0. The largest absolute Gasteiger partial charge is 0.338 e. The van der Waals surface area contributed by atoms with Crippen LogP contribution in [0.3, 0.4) is 0 Å². The molecule has 0 aliphatic carbocycles. The molecule has 0 aromatic carbocycles. The van der Waals surface area contributed by atoms with E-state index < -0.39 is 0 Å². The molecule has 15 heavy (non-hydrogen) atoms. The average Bonchev–Trinajstić information content (AvgIpc) is 2.71. The van der Waals surface area contributed by atoms with E-state index >= 15 is 0 Å². The van der Waals surface area contributed by atoms with Crippen molar-refractivity contribution in [2.75, 3.05) is 18.4 Å². The summed E-state index contributed by atoms with van der Waals surface area (Å²) in [5.74, 6) is 0.351. The van der Waals surface area contributed by atoms with Crippen molar-refractivity contribution in [2.24, 2.45) is 0 Å². The van der Waals surface area contributed by atoms with Gasteiger partial charge < -0.3 is 4.52 Å². The minimum atomic E-state index is -0.284. The molecule has 0 spiro atoms. The highest BCUT2D eigenvalue weighted by Crippen LogP contribution is 2.07. The Labute approximate surface area is 87.6 Å². The third-order valence-corrected chi connectivity index (χ3v) is 2.29. The quantitative estimate of drug-likeness (QED) is 0.769. The lowest BCUT2D eigenvalue weighted by Gasteiger charge is -2.26. The number of urea groups is 1. The molecular weight excluding hydrogens is 196 g/mol. The molecule has 0 bridgehead atoms. The predicted molar refractivity (Wildman–Crippen MR) is 54.1 cm³/mol. The van der Waals surface area contributed by atoms with Gasteiger partial charge in [-0.15, -0.1) is 0 Å². The van der Waals surface area contributed by atoms with Gasteiger partial charge in [0.1, 0.15) is 0 Å². The molecule has 0 atom stereocenters. The highest BCUT2D eigenvalue weighted by molar-refractivity contribution is 5.87. The molecule has 0 saturated carbocycles. The van der Waals surface area contributed by atoms with Gasteiger partial charge in [0.05, 0.1) is 6.20 Å². The van der Waals surface area contributed by atoms with E-state index in [1.165, 1.54) is 12.6 Å². The van der Waals surface area contributed by atoms with Crippen molar-refractivity contribution in [3.8, 4) is 0 Å². The number of piperidine rings is 1. The normalized spacial score (nSPS) is 17.3. The van der Waals surface area contributed by atoms with Gasteiger partial charge in [0.2, 0.25) is 5.88 Å². The fraction of sp³-hybridized carbons (Fsp3) is 0.556. The molecule has 1 saturated heterocycles. The van der Waals surface area contributed by atoms with Gasteiger partial charge in [0.15, 0.2) is 0 Å². The molecule has 0 radical (unpaired) electrons. The van der Waals surface area contributed by atoms with E-state index in [1.54, 1.807) is 6.07 Å². The third kappa shape index (κ3) is 2.95. The summed E-state index contributed by atoms with van der Waals surface area (Å²) in [5.41, 5.74) is 2.75. The van der Waals surface area contributed by atoms with Gasteiger partial charge in [-0.1, -0.05) is 11.6 Å². The fourth-order valence-electron chi connectivity index (χ4n) is 1.57. The second kappa shape index (κ2) is 4.79. The zero-order valence-corrected chi connectivity index (χ0v) is 8.40. The van der Waals surface area contributed by atoms with Gasteiger partial charge in [-0.2, -0.15) is 0 Å². The molecule has 1 aliphatic rings. The van der Waals surface area contributed by atoms with Crippen LogP contribution in [0.2, 0.25) is 0 Å². The molecule has 2 N–H and O–H groups in total. The van der Waals surface area contributed by atoms with E-state index in [0.29, 0.717) is 5.88 Å². The Kier molecular flexibility index (Phi) is 3.18. The Hall–Kier alpha value is -1.56. The summed E-state index contributed by atoms with van der Waals surface area (Å²) in [6, 6.07) is 1.31. The molecule has 6 heteroatoms. The Morgan fingerprint density at radius 2 is 2.20 bits per heavy atom. The lowest BCUT2D eigenvalue weighted by atomic mass is 10.2. The van der Waals surface area contributed by atoms with Gasteiger partial charge in [0, 0.05) is 19.2 Å². The minimum absolute atomic E-state index is 0.284. The highest BCUT2D eigenvalue weighted by Gasteiger charge is 2.13. The number of hydrogen-bond donors (Lipinski definition) is 2. The van der Waals surface area contributed by atoms with E-state index in [9.17, 15) is 4.79 Å². The lowest BCUT2D eigenvalue weighted by molar-refractivity contribution is 0.161. The third-order valence-electron chi connectivity index (χ3n) is 2.29. The van der Waals surface area contributed by atoms with E-state index in [1.807, 2.05) is 5.01 Å². The number of hydrogen-bond acceptors (Lipinski definition) is 4. The standard InChI is InChI=1S/C9H14N4O2/c14-9(11-8-4-5-10-15-8)12-13-6-2-1-3-7-13/h4-5H,1-3,6-7H2,(H2,11,12,14). The summed E-state index contributed by atoms with van der Waals surface area (Å²) in [4.78, 5) is 11.4. The van der Waals surface area contributed by atoms with Crippen molar-refractivity contribution in [1.82, 2.24) is 15.6 Å². The Balaban J connectivity index is 1.76. The Bertz CT molecular complexity index is 306. The molecule has 1 aliphatic heterocycles. The van der Waals surface area contributed by atoms with E-state index in [0.717, 1.165) is 25.9 Å². The van der Waals surface area contributed by atoms with Crippen LogP contribution >= 0.6 is 0 Å². The summed E-state index contributed by atoms with van der Waals surface area (Å²) in [5, 5.41) is 7.95. The summed E-state index contributed by atoms with van der Waals surface area (Å²) < 4.78 is 4.75. The number of hydrazine groups is 1. The van der Waals surface area contributed by atoms with Crippen molar-refractivity contribution in [1.29, 1.82) is 0 Å². The second-order valence-corrected chi connectivity index (χ2v) is 3.49. The van der Waals surface area contributed by atoms with Crippen molar-refractivity contribution >= 4 is 11.9 Å². The van der Waals surface area contributed by atoms with Gasteiger partial charge in [-0.05, 0) is 12.8 Å². The van der Waals surface area contributed by atoms with Crippen LogP contribution in [0.1, 0.15) is 19.3 Å². The predicted octanol–water partition coefficient (Wildman–Crippen LogP) is 1.20.